The molecule has 138 valence electrons. The first-order valence-electron chi connectivity index (χ1n) is 9.11. The fourth-order valence-corrected chi connectivity index (χ4v) is 3.03. The highest BCUT2D eigenvalue weighted by atomic mass is 16.5. The minimum Gasteiger partial charge on any atom is -0.483 e. The Hall–Kier alpha value is -3.79. The Balaban J connectivity index is 1.44. The summed E-state index contributed by atoms with van der Waals surface area (Å²) in [7, 11) is 0. The lowest BCUT2D eigenvalue weighted by Gasteiger charge is -2.14. The van der Waals surface area contributed by atoms with Gasteiger partial charge in [0.2, 0.25) is 0 Å². The number of carbonyl (C=O) groups excluding carboxylic acids is 1. The van der Waals surface area contributed by atoms with Crippen LogP contribution in [-0.2, 0) is 4.79 Å². The van der Waals surface area contributed by atoms with E-state index < -0.39 is 0 Å². The summed E-state index contributed by atoms with van der Waals surface area (Å²) in [5.74, 6) is 0.485. The summed E-state index contributed by atoms with van der Waals surface area (Å²) in [6.07, 6.45) is 0. The van der Waals surface area contributed by atoms with Crippen LogP contribution in [-0.4, -0.2) is 12.5 Å². The largest absolute Gasteiger partial charge is 0.483 e. The Morgan fingerprint density at radius 2 is 1.39 bits per heavy atom. The molecule has 0 radical (unpaired) electrons. The Labute approximate surface area is 163 Å². The predicted molar refractivity (Wildman–Crippen MR) is 114 cm³/mol. The molecule has 0 saturated carbocycles. The minimum absolute atomic E-state index is 0.0618. The summed E-state index contributed by atoms with van der Waals surface area (Å²) in [5.41, 5.74) is 2.49. The van der Waals surface area contributed by atoms with Crippen molar-refractivity contribution >= 4 is 33.7 Å². The Morgan fingerprint density at radius 1 is 0.714 bits per heavy atom. The third kappa shape index (κ3) is 4.13. The molecule has 0 aromatic heterocycles. The smallest absolute Gasteiger partial charge is 0.262 e. The van der Waals surface area contributed by atoms with E-state index in [1.54, 1.807) is 0 Å². The topological polar surface area (TPSA) is 50.4 Å². The number of para-hydroxylation sites is 3. The van der Waals surface area contributed by atoms with E-state index in [4.69, 9.17) is 4.74 Å². The van der Waals surface area contributed by atoms with E-state index in [1.807, 2.05) is 97.1 Å². The highest BCUT2D eigenvalue weighted by Crippen LogP contribution is 2.26. The summed E-state index contributed by atoms with van der Waals surface area (Å²) in [4.78, 5) is 12.5. The zero-order valence-corrected chi connectivity index (χ0v) is 15.3. The molecule has 4 rings (SSSR count). The number of fused-ring (bicyclic) bond motifs is 1. The van der Waals surface area contributed by atoms with Gasteiger partial charge in [-0.3, -0.25) is 4.79 Å². The molecule has 1 amide bonds. The number of rotatable bonds is 6. The van der Waals surface area contributed by atoms with E-state index in [1.165, 1.54) is 0 Å². The number of amides is 1. The molecule has 4 nitrogen and oxygen atoms in total. The molecule has 0 aliphatic rings. The molecule has 0 unspecified atom stereocenters. The van der Waals surface area contributed by atoms with Gasteiger partial charge in [0.1, 0.15) is 5.75 Å². The van der Waals surface area contributed by atoms with Gasteiger partial charge in [0.05, 0.1) is 11.4 Å². The zero-order valence-electron chi connectivity index (χ0n) is 15.3. The normalized spacial score (nSPS) is 10.4. The maximum Gasteiger partial charge on any atom is 0.262 e. The van der Waals surface area contributed by atoms with Crippen molar-refractivity contribution in [2.45, 2.75) is 0 Å². The quantitative estimate of drug-likeness (QED) is 0.466. The lowest BCUT2D eigenvalue weighted by Crippen LogP contribution is -2.20. The van der Waals surface area contributed by atoms with Crippen LogP contribution in [0.4, 0.5) is 17.1 Å². The number of carbonyl (C=O) groups is 1. The van der Waals surface area contributed by atoms with Gasteiger partial charge in [0.15, 0.2) is 6.61 Å². The summed E-state index contributed by atoms with van der Waals surface area (Å²) >= 11 is 0. The van der Waals surface area contributed by atoms with Gasteiger partial charge in [-0.2, -0.15) is 0 Å². The van der Waals surface area contributed by atoms with E-state index in [2.05, 4.69) is 10.6 Å². The Bertz CT molecular complexity index is 1090. The number of anilines is 3. The monoisotopic (exact) mass is 368 g/mol. The number of hydrogen-bond donors (Lipinski definition) is 2. The van der Waals surface area contributed by atoms with Gasteiger partial charge < -0.3 is 15.4 Å². The number of ether oxygens (including phenoxy) is 1. The van der Waals surface area contributed by atoms with Gasteiger partial charge >= 0.3 is 0 Å². The van der Waals surface area contributed by atoms with Crippen LogP contribution in [0.5, 0.6) is 5.75 Å². The average Bonchev–Trinajstić information content (AvgIpc) is 2.74. The standard InChI is InChI=1S/C24H20N2O2/c27-24(17-28-23-16-8-10-18-9-4-5-13-20(18)23)26-22-15-7-6-14-21(22)25-19-11-2-1-3-12-19/h1-16,25H,17H2,(H,26,27). The van der Waals surface area contributed by atoms with Crippen molar-refractivity contribution in [3.63, 3.8) is 0 Å². The van der Waals surface area contributed by atoms with E-state index in [0.717, 1.165) is 22.1 Å². The predicted octanol–water partition coefficient (Wildman–Crippen LogP) is 5.60. The van der Waals surface area contributed by atoms with Gasteiger partial charge in [0, 0.05) is 11.1 Å². The van der Waals surface area contributed by atoms with E-state index in [9.17, 15) is 4.79 Å². The first-order valence-corrected chi connectivity index (χ1v) is 9.11. The molecule has 0 bridgehead atoms. The molecule has 0 saturated heterocycles. The Morgan fingerprint density at radius 3 is 2.25 bits per heavy atom. The first-order chi connectivity index (χ1) is 13.8. The maximum atomic E-state index is 12.5. The van der Waals surface area contributed by atoms with Crippen LogP contribution in [0.3, 0.4) is 0 Å². The van der Waals surface area contributed by atoms with Gasteiger partial charge in [-0.05, 0) is 35.7 Å². The lowest BCUT2D eigenvalue weighted by molar-refractivity contribution is -0.118. The third-order valence-corrected chi connectivity index (χ3v) is 4.36. The van der Waals surface area contributed by atoms with Gasteiger partial charge in [-0.15, -0.1) is 0 Å². The summed E-state index contributed by atoms with van der Waals surface area (Å²) < 4.78 is 5.78. The van der Waals surface area contributed by atoms with Crippen LogP contribution in [0.1, 0.15) is 0 Å². The molecule has 4 heteroatoms. The Kier molecular flexibility index (Phi) is 5.20. The highest BCUT2D eigenvalue weighted by Gasteiger charge is 2.09. The second-order valence-corrected chi connectivity index (χ2v) is 6.35. The maximum absolute atomic E-state index is 12.5. The molecule has 0 aliphatic carbocycles. The fraction of sp³-hybridized carbons (Fsp3) is 0.0417. The summed E-state index contributed by atoms with van der Waals surface area (Å²) in [6, 6.07) is 31.2. The van der Waals surface area contributed by atoms with Crippen LogP contribution in [0.2, 0.25) is 0 Å². The SMILES string of the molecule is O=C(COc1cccc2ccccc12)Nc1ccccc1Nc1ccccc1. The van der Waals surface area contributed by atoms with E-state index in [0.29, 0.717) is 11.4 Å². The van der Waals surface area contributed by atoms with Crippen molar-refractivity contribution in [2.24, 2.45) is 0 Å². The molecular weight excluding hydrogens is 348 g/mol. The molecule has 4 aromatic rings. The van der Waals surface area contributed by atoms with E-state index >= 15 is 0 Å². The molecule has 0 spiro atoms. The number of hydrogen-bond acceptors (Lipinski definition) is 3. The van der Waals surface area contributed by atoms with Gasteiger partial charge in [-0.25, -0.2) is 0 Å². The minimum atomic E-state index is -0.213. The van der Waals surface area contributed by atoms with Crippen molar-refractivity contribution < 1.29 is 9.53 Å². The second kappa shape index (κ2) is 8.27. The third-order valence-electron chi connectivity index (χ3n) is 4.36. The van der Waals surface area contributed by atoms with Crippen LogP contribution < -0.4 is 15.4 Å². The number of nitrogens with one attached hydrogen (secondary N) is 2. The number of benzene rings is 4. The van der Waals surface area contributed by atoms with Crippen molar-refractivity contribution in [1.29, 1.82) is 0 Å². The van der Waals surface area contributed by atoms with Crippen molar-refractivity contribution in [1.82, 2.24) is 0 Å². The van der Waals surface area contributed by atoms with Crippen LogP contribution in [0.15, 0.2) is 97.1 Å². The molecule has 28 heavy (non-hydrogen) atoms. The fourth-order valence-electron chi connectivity index (χ4n) is 3.03. The van der Waals surface area contributed by atoms with Crippen LogP contribution in [0, 0.1) is 0 Å². The molecule has 0 fully saturated rings. The highest BCUT2D eigenvalue weighted by molar-refractivity contribution is 5.96. The molecule has 4 aromatic carbocycles. The lowest BCUT2D eigenvalue weighted by atomic mass is 10.1. The van der Waals surface area contributed by atoms with Crippen LogP contribution in [0.25, 0.3) is 10.8 Å². The molecule has 0 atom stereocenters. The average molecular weight is 368 g/mol. The van der Waals surface area contributed by atoms with E-state index in [-0.39, 0.29) is 12.5 Å². The van der Waals surface area contributed by atoms with Crippen molar-refractivity contribution in [3.05, 3.63) is 97.1 Å². The summed E-state index contributed by atoms with van der Waals surface area (Å²) in [5, 5.41) is 8.31. The van der Waals surface area contributed by atoms with Crippen molar-refractivity contribution in [3.8, 4) is 5.75 Å². The molecular formula is C24H20N2O2. The van der Waals surface area contributed by atoms with Crippen molar-refractivity contribution in [2.75, 3.05) is 17.2 Å². The molecule has 0 heterocycles. The molecule has 2 N–H and O–H groups in total. The van der Waals surface area contributed by atoms with Gasteiger partial charge in [-0.1, -0.05) is 66.7 Å². The first kappa shape index (κ1) is 17.6. The zero-order chi connectivity index (χ0) is 19.2. The second-order valence-electron chi connectivity index (χ2n) is 6.35. The van der Waals surface area contributed by atoms with Gasteiger partial charge in [0.25, 0.3) is 5.91 Å². The van der Waals surface area contributed by atoms with Crippen LogP contribution >= 0.6 is 0 Å². The summed E-state index contributed by atoms with van der Waals surface area (Å²) in [6.45, 7) is -0.0618. The molecule has 0 aliphatic heterocycles.